The van der Waals surface area contributed by atoms with Gasteiger partial charge in [0.2, 0.25) is 10.0 Å². The number of sulfonamides is 1. The molecule has 1 fully saturated rings. The molecule has 1 aliphatic heterocycles. The van der Waals surface area contributed by atoms with E-state index in [1.165, 1.54) is 6.07 Å². The fraction of sp³-hybridized carbons (Fsp3) is 0.722. The Bertz CT molecular complexity index is 751. The fourth-order valence-electron chi connectivity index (χ4n) is 4.03. The molecule has 0 bridgehead atoms. The van der Waals surface area contributed by atoms with Gasteiger partial charge in [0.15, 0.2) is 0 Å². The lowest BCUT2D eigenvalue weighted by Gasteiger charge is -2.36. The van der Waals surface area contributed by atoms with Crippen LogP contribution in [0.25, 0.3) is 0 Å². The van der Waals surface area contributed by atoms with Crippen LogP contribution in [0.3, 0.4) is 0 Å². The first-order valence-electron chi connectivity index (χ1n) is 9.13. The molecule has 2 unspecified atom stereocenters. The number of hydrogen-bond acceptors (Lipinski definition) is 4. The number of pyridine rings is 1. The molecule has 25 heavy (non-hydrogen) atoms. The monoisotopic (exact) mass is 368 g/mol. The summed E-state index contributed by atoms with van der Waals surface area (Å²) in [6.45, 7) is 2.63. The predicted molar refractivity (Wildman–Crippen MR) is 97.2 cm³/mol. The number of rotatable bonds is 5. The Labute approximate surface area is 149 Å². The van der Waals surface area contributed by atoms with Crippen LogP contribution in [0.15, 0.2) is 23.0 Å². The van der Waals surface area contributed by atoms with Crippen molar-refractivity contribution in [3.05, 3.63) is 34.2 Å². The molecule has 3 rings (SSSR count). The maximum absolute atomic E-state index is 12.4. The minimum absolute atomic E-state index is 0.0941. The third-order valence-electron chi connectivity index (χ3n) is 5.41. The number of aromatic nitrogens is 1. The van der Waals surface area contributed by atoms with Gasteiger partial charge >= 0.3 is 0 Å². The average Bonchev–Trinajstić information content (AvgIpc) is 2.54. The van der Waals surface area contributed by atoms with Crippen molar-refractivity contribution in [2.75, 3.05) is 12.9 Å². The zero-order valence-corrected chi connectivity index (χ0v) is 15.8. The highest BCUT2D eigenvalue weighted by Crippen LogP contribution is 2.29. The highest BCUT2D eigenvalue weighted by molar-refractivity contribution is 7.88. The molecule has 0 saturated heterocycles. The van der Waals surface area contributed by atoms with Crippen LogP contribution in [0.2, 0.25) is 0 Å². The zero-order chi connectivity index (χ0) is 18.0. The largest absolute Gasteiger partial charge is 0.376 e. The van der Waals surface area contributed by atoms with Gasteiger partial charge in [-0.15, -0.1) is 0 Å². The maximum atomic E-state index is 12.4. The van der Waals surface area contributed by atoms with Crippen LogP contribution in [0.5, 0.6) is 0 Å². The Morgan fingerprint density at radius 1 is 1.20 bits per heavy atom. The van der Waals surface area contributed by atoms with E-state index in [1.807, 2.05) is 6.07 Å². The van der Waals surface area contributed by atoms with Crippen molar-refractivity contribution in [1.29, 1.82) is 0 Å². The van der Waals surface area contributed by atoms with E-state index in [-0.39, 0.29) is 23.7 Å². The van der Waals surface area contributed by atoms with Gasteiger partial charge in [0.1, 0.15) is 0 Å². The third kappa shape index (κ3) is 4.71. The summed E-state index contributed by atoms with van der Waals surface area (Å²) in [5.41, 5.74) is 0.855. The molecule has 6 nitrogen and oxygen atoms in total. The number of fused-ring (bicyclic) bond motifs is 1. The molecular weight excluding hydrogens is 340 g/mol. The first-order chi connectivity index (χ1) is 11.8. The molecule has 7 heteroatoms. The lowest BCUT2D eigenvalue weighted by molar-refractivity contribution is -0.00534. The number of nitrogens with zero attached hydrogens (tertiary/aromatic N) is 1. The van der Waals surface area contributed by atoms with Gasteiger partial charge in [-0.1, -0.05) is 13.0 Å². The maximum Gasteiger partial charge on any atom is 0.251 e. The lowest BCUT2D eigenvalue weighted by atomic mass is 9.89. The van der Waals surface area contributed by atoms with Crippen molar-refractivity contribution >= 4 is 10.0 Å². The first-order valence-corrected chi connectivity index (χ1v) is 11.0. The SMILES string of the molecule is CC1CCC(OCC2C(NS(C)(=O)=O)CCc3cccc(=O)n32)CC1. The Morgan fingerprint density at radius 3 is 2.60 bits per heavy atom. The topological polar surface area (TPSA) is 77.4 Å². The highest BCUT2D eigenvalue weighted by Gasteiger charge is 2.33. The van der Waals surface area contributed by atoms with E-state index in [0.717, 1.165) is 43.6 Å². The van der Waals surface area contributed by atoms with Crippen LogP contribution in [0, 0.1) is 5.92 Å². The molecule has 1 aliphatic carbocycles. The average molecular weight is 368 g/mol. The summed E-state index contributed by atoms with van der Waals surface area (Å²) in [5.74, 6) is 0.748. The van der Waals surface area contributed by atoms with Crippen LogP contribution in [-0.4, -0.2) is 38.0 Å². The van der Waals surface area contributed by atoms with Crippen LogP contribution in [0.1, 0.15) is 50.8 Å². The second-order valence-corrected chi connectivity index (χ2v) is 9.32. The molecule has 2 heterocycles. The molecule has 0 radical (unpaired) electrons. The van der Waals surface area contributed by atoms with Crippen LogP contribution in [-0.2, 0) is 21.2 Å². The van der Waals surface area contributed by atoms with Gasteiger partial charge < -0.3 is 9.30 Å². The third-order valence-corrected chi connectivity index (χ3v) is 6.14. The van der Waals surface area contributed by atoms with Crippen LogP contribution >= 0.6 is 0 Å². The standard InChI is InChI=1S/C18H28N2O4S/c1-13-6-9-15(10-7-13)24-12-17-16(19-25(2,22)23)11-8-14-4-3-5-18(21)20(14)17/h3-5,13,15-17,19H,6-12H2,1-2H3. The molecule has 1 aromatic rings. The van der Waals surface area contributed by atoms with Gasteiger partial charge in [0.05, 0.1) is 25.0 Å². The molecule has 2 aliphatic rings. The second kappa shape index (κ2) is 7.60. The molecule has 1 aromatic heterocycles. The predicted octanol–water partition coefficient (Wildman–Crippen LogP) is 1.85. The molecule has 140 valence electrons. The van der Waals surface area contributed by atoms with Crippen molar-refractivity contribution in [3.8, 4) is 0 Å². The van der Waals surface area contributed by atoms with Gasteiger partial charge in [-0.25, -0.2) is 13.1 Å². The molecule has 1 N–H and O–H groups in total. The molecule has 0 aromatic carbocycles. The zero-order valence-electron chi connectivity index (χ0n) is 15.0. The molecule has 2 atom stereocenters. The fourth-order valence-corrected chi connectivity index (χ4v) is 4.86. The summed E-state index contributed by atoms with van der Waals surface area (Å²) in [5, 5.41) is 0. The van der Waals surface area contributed by atoms with Crippen molar-refractivity contribution in [2.45, 2.75) is 63.6 Å². The Kier molecular flexibility index (Phi) is 5.65. The normalized spacial score (nSPS) is 30.0. The van der Waals surface area contributed by atoms with Gasteiger partial charge in [-0.3, -0.25) is 4.79 Å². The minimum Gasteiger partial charge on any atom is -0.376 e. The first kappa shape index (κ1) is 18.6. The number of ether oxygens (including phenoxy) is 1. The van der Waals surface area contributed by atoms with E-state index in [0.29, 0.717) is 19.4 Å². The van der Waals surface area contributed by atoms with E-state index in [4.69, 9.17) is 4.74 Å². The summed E-state index contributed by atoms with van der Waals surface area (Å²) in [4.78, 5) is 12.4. The van der Waals surface area contributed by atoms with Crippen molar-refractivity contribution in [2.24, 2.45) is 5.92 Å². The van der Waals surface area contributed by atoms with E-state index >= 15 is 0 Å². The minimum atomic E-state index is -3.34. The van der Waals surface area contributed by atoms with Gasteiger partial charge in [0.25, 0.3) is 5.56 Å². The van der Waals surface area contributed by atoms with Crippen LogP contribution < -0.4 is 10.3 Å². The summed E-state index contributed by atoms with van der Waals surface area (Å²) >= 11 is 0. The van der Waals surface area contributed by atoms with Gasteiger partial charge in [-0.2, -0.15) is 0 Å². The van der Waals surface area contributed by atoms with E-state index < -0.39 is 10.0 Å². The van der Waals surface area contributed by atoms with E-state index in [9.17, 15) is 13.2 Å². The molecule has 0 amide bonds. The Balaban J connectivity index is 1.79. The summed E-state index contributed by atoms with van der Waals surface area (Å²) in [6, 6.07) is 4.62. The molecular formula is C18H28N2O4S. The van der Waals surface area contributed by atoms with Crippen molar-refractivity contribution in [3.63, 3.8) is 0 Å². The number of aryl methyl sites for hydroxylation is 1. The van der Waals surface area contributed by atoms with Gasteiger partial charge in [0, 0.05) is 17.8 Å². The Morgan fingerprint density at radius 2 is 1.92 bits per heavy atom. The smallest absolute Gasteiger partial charge is 0.251 e. The van der Waals surface area contributed by atoms with Crippen molar-refractivity contribution in [1.82, 2.24) is 9.29 Å². The quantitative estimate of drug-likeness (QED) is 0.860. The summed E-state index contributed by atoms with van der Waals surface area (Å²) < 4.78 is 34.0. The van der Waals surface area contributed by atoms with Crippen LogP contribution in [0.4, 0.5) is 0 Å². The second-order valence-electron chi connectivity index (χ2n) is 7.54. The summed E-state index contributed by atoms with van der Waals surface area (Å²) in [6.07, 6.45) is 7.13. The number of hydrogen-bond donors (Lipinski definition) is 1. The van der Waals surface area contributed by atoms with E-state index in [1.54, 1.807) is 10.6 Å². The lowest BCUT2D eigenvalue weighted by Crippen LogP contribution is -2.49. The van der Waals surface area contributed by atoms with Crippen molar-refractivity contribution < 1.29 is 13.2 Å². The summed E-state index contributed by atoms with van der Waals surface area (Å²) in [7, 11) is -3.34. The highest BCUT2D eigenvalue weighted by atomic mass is 32.2. The Hall–Kier alpha value is -1.18. The molecule has 0 spiro atoms. The number of nitrogens with one attached hydrogen (secondary N) is 1. The molecule has 1 saturated carbocycles. The van der Waals surface area contributed by atoms with E-state index in [2.05, 4.69) is 11.6 Å². The van der Waals surface area contributed by atoms with Gasteiger partial charge in [-0.05, 0) is 50.5 Å².